The van der Waals surface area contributed by atoms with E-state index >= 15 is 0 Å². The summed E-state index contributed by atoms with van der Waals surface area (Å²) in [5.74, 6) is 1.33. The number of ether oxygens (including phenoxy) is 1. The highest BCUT2D eigenvalue weighted by Gasteiger charge is 2.34. The number of benzene rings is 2. The zero-order chi connectivity index (χ0) is 36.0. The van der Waals surface area contributed by atoms with Crippen LogP contribution in [0.1, 0.15) is 85.8 Å². The van der Waals surface area contributed by atoms with Crippen LogP contribution < -0.4 is 10.1 Å². The van der Waals surface area contributed by atoms with Crippen LogP contribution in [0.5, 0.6) is 5.75 Å². The van der Waals surface area contributed by atoms with Gasteiger partial charge >= 0.3 is 0 Å². The Morgan fingerprint density at radius 1 is 0.902 bits per heavy atom. The molecule has 1 saturated carbocycles. The third kappa shape index (κ3) is 9.61. The topological polar surface area (TPSA) is 125 Å². The van der Waals surface area contributed by atoms with Crippen molar-refractivity contribution in [3.8, 4) is 28.3 Å². The summed E-state index contributed by atoms with van der Waals surface area (Å²) in [5, 5.41) is 22.4. The molecule has 4 aromatic rings. The Bertz CT molecular complexity index is 1740. The molecule has 0 unspecified atom stereocenters. The maximum atomic E-state index is 13.7. The number of thiophene rings is 1. The van der Waals surface area contributed by atoms with Crippen LogP contribution in [0.4, 0.5) is 0 Å². The second-order valence-corrected chi connectivity index (χ2v) is 16.1. The zero-order valence-corrected chi connectivity index (χ0v) is 30.7. The molecule has 2 atom stereocenters. The van der Waals surface area contributed by atoms with Crippen molar-refractivity contribution in [1.29, 1.82) is 0 Å². The fraction of sp³-hybridized carbons (Fsp3) is 0.463. The fourth-order valence-electron chi connectivity index (χ4n) is 6.96. The van der Waals surface area contributed by atoms with E-state index in [-0.39, 0.29) is 30.2 Å². The molecule has 2 aromatic carbocycles. The highest BCUT2D eigenvalue weighted by Crippen LogP contribution is 2.30. The number of nitrogens with zero attached hydrogens (tertiary/aromatic N) is 3. The number of aromatic nitrogens is 2. The van der Waals surface area contributed by atoms with Crippen LogP contribution in [-0.4, -0.2) is 68.9 Å². The Morgan fingerprint density at radius 3 is 2.22 bits per heavy atom. The average Bonchev–Trinajstić information content (AvgIpc) is 3.84. The van der Waals surface area contributed by atoms with Crippen molar-refractivity contribution in [2.45, 2.75) is 89.9 Å². The molecule has 1 saturated heterocycles. The first kappa shape index (κ1) is 36.7. The molecule has 3 N–H and O–H groups in total. The monoisotopic (exact) mass is 710 g/mol. The maximum Gasteiger partial charge on any atom is 0.262 e. The van der Waals surface area contributed by atoms with Crippen LogP contribution in [0.15, 0.2) is 73.1 Å². The number of aliphatic hydroxyl groups is 2. The molecule has 9 nitrogen and oxygen atoms in total. The molecule has 1 aliphatic carbocycles. The normalized spacial score (nSPS) is 17.5. The van der Waals surface area contributed by atoms with Gasteiger partial charge in [-0.05, 0) is 59.6 Å². The van der Waals surface area contributed by atoms with Gasteiger partial charge in [0.15, 0.2) is 12.1 Å². The van der Waals surface area contributed by atoms with E-state index in [1.165, 1.54) is 43.4 Å². The summed E-state index contributed by atoms with van der Waals surface area (Å²) >= 11 is 1.43. The van der Waals surface area contributed by atoms with E-state index in [0.29, 0.717) is 23.7 Å². The highest BCUT2D eigenvalue weighted by atomic mass is 32.1. The van der Waals surface area contributed by atoms with Crippen LogP contribution in [0, 0.1) is 11.8 Å². The molecule has 2 amide bonds. The number of aliphatic hydroxyl groups excluding tert-OH is 1. The number of likely N-dealkylation sites (tertiary alicyclic amines) is 1. The zero-order valence-electron chi connectivity index (χ0n) is 29.9. The first-order valence-electron chi connectivity index (χ1n) is 18.2. The third-order valence-corrected chi connectivity index (χ3v) is 11.7. The van der Waals surface area contributed by atoms with Crippen molar-refractivity contribution in [2.24, 2.45) is 11.8 Å². The van der Waals surface area contributed by atoms with Crippen molar-refractivity contribution in [1.82, 2.24) is 20.2 Å². The molecule has 2 aromatic heterocycles. The number of hydrogen-bond donors (Lipinski definition) is 3. The molecule has 51 heavy (non-hydrogen) atoms. The van der Waals surface area contributed by atoms with Gasteiger partial charge in [0.1, 0.15) is 11.8 Å². The molecule has 6 rings (SSSR count). The first-order valence-corrected chi connectivity index (χ1v) is 19.1. The van der Waals surface area contributed by atoms with Gasteiger partial charge in [-0.25, -0.2) is 9.97 Å². The fourth-order valence-corrected chi connectivity index (χ4v) is 7.93. The van der Waals surface area contributed by atoms with Crippen LogP contribution in [0.25, 0.3) is 22.5 Å². The number of amides is 2. The molecule has 2 fully saturated rings. The van der Waals surface area contributed by atoms with Gasteiger partial charge in [0.25, 0.3) is 5.91 Å². The molecule has 0 radical (unpaired) electrons. The van der Waals surface area contributed by atoms with E-state index in [1.54, 1.807) is 11.0 Å². The number of rotatable bonds is 12. The average molecular weight is 711 g/mol. The summed E-state index contributed by atoms with van der Waals surface area (Å²) in [6.45, 7) is 7.70. The van der Waals surface area contributed by atoms with Gasteiger partial charge in [-0.1, -0.05) is 89.3 Å². The number of hydrogen-bond acceptors (Lipinski definition) is 8. The van der Waals surface area contributed by atoms with Crippen molar-refractivity contribution >= 4 is 23.2 Å². The van der Waals surface area contributed by atoms with Crippen molar-refractivity contribution < 1.29 is 24.5 Å². The maximum absolute atomic E-state index is 13.7. The summed E-state index contributed by atoms with van der Waals surface area (Å²) in [7, 11) is 0. The Labute approximate surface area is 305 Å². The van der Waals surface area contributed by atoms with Gasteiger partial charge < -0.3 is 25.2 Å². The number of carbonyl (C=O) groups is 2. The van der Waals surface area contributed by atoms with Crippen LogP contribution in [0.2, 0.25) is 0 Å². The van der Waals surface area contributed by atoms with E-state index in [4.69, 9.17) is 4.74 Å². The molecule has 3 heterocycles. The van der Waals surface area contributed by atoms with Crippen LogP contribution >= 0.6 is 11.3 Å². The summed E-state index contributed by atoms with van der Waals surface area (Å²) in [6.07, 6.45) is 10.8. The quantitative estimate of drug-likeness (QED) is 0.135. The van der Waals surface area contributed by atoms with Gasteiger partial charge in [0.05, 0.1) is 11.5 Å². The summed E-state index contributed by atoms with van der Waals surface area (Å²) in [5.41, 5.74) is 3.55. The van der Waals surface area contributed by atoms with E-state index < -0.39 is 18.2 Å². The van der Waals surface area contributed by atoms with E-state index in [0.717, 1.165) is 51.8 Å². The van der Waals surface area contributed by atoms with Gasteiger partial charge in [-0.15, -0.1) is 11.3 Å². The molecule has 2 aliphatic rings. The van der Waals surface area contributed by atoms with Crippen molar-refractivity contribution in [3.05, 3.63) is 88.4 Å². The smallest absolute Gasteiger partial charge is 0.262 e. The standard InChI is InChI=1S/C41H50N4O5S/c1-41(2,3)36-18-17-35(51-36)38(46)44-34(39(47)45-21-19-31(26-45)40(48)49)23-28-9-11-30(12-10-28)37-42-24-32(25-43-37)29-13-15-33(16-14-29)50-22-20-27-7-5-4-6-8-27/h9-18,24-25,27,31,34,40,48-49H,4-8,19-23,26H2,1-3H3,(H,44,46)/t31-,34-/m0/s1. The Hall–Kier alpha value is -4.12. The predicted octanol–water partition coefficient (Wildman–Crippen LogP) is 7.02. The minimum Gasteiger partial charge on any atom is -0.494 e. The summed E-state index contributed by atoms with van der Waals surface area (Å²) in [6, 6.07) is 18.7. The lowest BCUT2D eigenvalue weighted by molar-refractivity contribution is -0.133. The summed E-state index contributed by atoms with van der Waals surface area (Å²) in [4.78, 5) is 39.6. The van der Waals surface area contributed by atoms with Crippen molar-refractivity contribution in [2.75, 3.05) is 19.7 Å². The molecular formula is C41H50N4O5S. The minimum atomic E-state index is -1.48. The van der Waals surface area contributed by atoms with Gasteiger partial charge in [-0.2, -0.15) is 0 Å². The number of carbonyl (C=O) groups excluding carboxylic acids is 2. The number of nitrogens with one attached hydrogen (secondary N) is 1. The Kier molecular flexibility index (Phi) is 11.8. The highest BCUT2D eigenvalue weighted by molar-refractivity contribution is 7.14. The summed E-state index contributed by atoms with van der Waals surface area (Å²) < 4.78 is 6.02. The minimum absolute atomic E-state index is 0.0892. The second-order valence-electron chi connectivity index (χ2n) is 15.0. The molecule has 0 bridgehead atoms. The SMILES string of the molecule is CC(C)(C)c1ccc(C(=O)N[C@@H](Cc2ccc(-c3ncc(-c4ccc(OCCC5CCCCC5)cc4)cn3)cc2)C(=O)N2CC[C@H](C(O)O)C2)s1. The molecular weight excluding hydrogens is 661 g/mol. The van der Waals surface area contributed by atoms with Crippen molar-refractivity contribution in [3.63, 3.8) is 0 Å². The molecule has 1 aliphatic heterocycles. The van der Waals surface area contributed by atoms with Gasteiger partial charge in [-0.3, -0.25) is 9.59 Å². The second kappa shape index (κ2) is 16.5. The first-order chi connectivity index (χ1) is 24.5. The van der Waals surface area contributed by atoms with E-state index in [9.17, 15) is 19.8 Å². The predicted molar refractivity (Wildman–Crippen MR) is 200 cm³/mol. The molecule has 0 spiro atoms. The molecule has 270 valence electrons. The van der Waals surface area contributed by atoms with E-state index in [2.05, 4.69) is 36.1 Å². The van der Waals surface area contributed by atoms with E-state index in [1.807, 2.05) is 67.0 Å². The lowest BCUT2D eigenvalue weighted by atomic mass is 9.87. The third-order valence-electron chi connectivity index (χ3n) is 10.1. The lowest BCUT2D eigenvalue weighted by Gasteiger charge is -2.25. The lowest BCUT2D eigenvalue weighted by Crippen LogP contribution is -2.49. The van der Waals surface area contributed by atoms with Crippen LogP contribution in [-0.2, 0) is 16.6 Å². The van der Waals surface area contributed by atoms with Gasteiger partial charge in [0, 0.05) is 53.8 Å². The molecule has 10 heteroatoms. The van der Waals surface area contributed by atoms with Gasteiger partial charge in [0.2, 0.25) is 5.91 Å². The largest absolute Gasteiger partial charge is 0.494 e. The van der Waals surface area contributed by atoms with Crippen LogP contribution in [0.3, 0.4) is 0 Å². The Balaban J connectivity index is 1.09. The Morgan fingerprint density at radius 2 is 1.59 bits per heavy atom.